The normalized spacial score (nSPS) is 22.4. The molecule has 2 aromatic rings. The second-order valence-electron chi connectivity index (χ2n) is 6.81. The molecule has 0 N–H and O–H groups in total. The molecule has 0 spiro atoms. The van der Waals surface area contributed by atoms with Crippen molar-refractivity contribution in [3.05, 3.63) is 70.5 Å². The third kappa shape index (κ3) is 4.55. The molecule has 2 aliphatic heterocycles. The molecule has 0 amide bonds. The first-order valence-corrected chi connectivity index (χ1v) is 9.20. The van der Waals surface area contributed by atoms with Crippen molar-refractivity contribution in [2.45, 2.75) is 18.6 Å². The molecule has 0 radical (unpaired) electrons. The van der Waals surface area contributed by atoms with Crippen LogP contribution >= 0.6 is 28.6 Å². The Morgan fingerprint density at radius 3 is 2.72 bits per heavy atom. The van der Waals surface area contributed by atoms with Gasteiger partial charge in [-0.25, -0.2) is 4.39 Å². The maximum atomic E-state index is 13.4. The van der Waals surface area contributed by atoms with Gasteiger partial charge >= 0.3 is 5.97 Å². The second-order valence-corrected chi connectivity index (χ2v) is 7.21. The Morgan fingerprint density at radius 1 is 1.31 bits per heavy atom. The maximum Gasteiger partial charge on any atom is 0.304 e. The lowest BCUT2D eigenvalue weighted by Gasteiger charge is -2.23. The zero-order chi connectivity index (χ0) is 19.7. The standard InChI is InChI=1S/C20H19ClFN3O3.BrH/c1-14(26)27-13-24-11-23-25(12-24)10-20(15-6-8-16(22)9-7-15)19(28-20)17-4-2-3-5-18(17)21;/h2-9,11,19H,10,12-13H2,1H3;1H. The summed E-state index contributed by atoms with van der Waals surface area (Å²) in [6.07, 6.45) is 1.36. The Kier molecular flexibility index (Phi) is 6.45. The molecule has 2 heterocycles. The van der Waals surface area contributed by atoms with Gasteiger partial charge in [0.1, 0.15) is 30.5 Å². The average Bonchev–Trinajstić information content (AvgIpc) is 3.20. The number of epoxide rings is 1. The third-order valence-corrected chi connectivity index (χ3v) is 5.13. The van der Waals surface area contributed by atoms with Crippen LogP contribution in [0.5, 0.6) is 0 Å². The van der Waals surface area contributed by atoms with E-state index in [4.69, 9.17) is 21.1 Å². The van der Waals surface area contributed by atoms with Crippen LogP contribution in [0.25, 0.3) is 0 Å². The summed E-state index contributed by atoms with van der Waals surface area (Å²) in [6, 6.07) is 13.8. The molecule has 0 bridgehead atoms. The van der Waals surface area contributed by atoms with E-state index in [1.165, 1.54) is 19.1 Å². The number of hydrogen-bond donors (Lipinski definition) is 0. The summed E-state index contributed by atoms with van der Waals surface area (Å²) in [5.74, 6) is -0.653. The van der Waals surface area contributed by atoms with Crippen LogP contribution in [0.3, 0.4) is 0 Å². The predicted octanol–water partition coefficient (Wildman–Crippen LogP) is 4.06. The molecule has 2 aromatic carbocycles. The molecule has 1 fully saturated rings. The summed E-state index contributed by atoms with van der Waals surface area (Å²) in [7, 11) is 0. The summed E-state index contributed by atoms with van der Waals surface area (Å²) < 4.78 is 24.6. The quantitative estimate of drug-likeness (QED) is 0.457. The van der Waals surface area contributed by atoms with Gasteiger partial charge in [-0.05, 0) is 23.8 Å². The lowest BCUT2D eigenvalue weighted by atomic mass is 9.91. The van der Waals surface area contributed by atoms with Crippen LogP contribution in [0.2, 0.25) is 5.02 Å². The van der Waals surface area contributed by atoms with E-state index in [0.717, 1.165) is 11.1 Å². The van der Waals surface area contributed by atoms with Gasteiger partial charge in [0.05, 0.1) is 6.54 Å². The van der Waals surface area contributed by atoms with Crippen molar-refractivity contribution in [3.8, 4) is 0 Å². The van der Waals surface area contributed by atoms with Gasteiger partial charge in [-0.2, -0.15) is 5.10 Å². The summed E-state index contributed by atoms with van der Waals surface area (Å²) in [5.41, 5.74) is 1.05. The maximum absolute atomic E-state index is 13.4. The number of hydrogen-bond acceptors (Lipinski definition) is 6. The molecule has 4 rings (SSSR count). The number of hydrazone groups is 1. The highest BCUT2D eigenvalue weighted by Crippen LogP contribution is 2.58. The average molecular weight is 485 g/mol. The van der Waals surface area contributed by atoms with Gasteiger partial charge < -0.3 is 14.4 Å². The van der Waals surface area contributed by atoms with Gasteiger partial charge in [-0.1, -0.05) is 41.9 Å². The van der Waals surface area contributed by atoms with E-state index >= 15 is 0 Å². The van der Waals surface area contributed by atoms with Crippen molar-refractivity contribution in [2.75, 3.05) is 19.9 Å². The molecular formula is C20H20BrClFN3O3. The second kappa shape index (κ2) is 8.69. The van der Waals surface area contributed by atoms with Crippen molar-refractivity contribution < 1.29 is 18.7 Å². The summed E-state index contributed by atoms with van der Waals surface area (Å²) in [6.45, 7) is 2.39. The Morgan fingerprint density at radius 2 is 2.03 bits per heavy atom. The Labute approximate surface area is 183 Å². The van der Waals surface area contributed by atoms with Crippen molar-refractivity contribution in [1.29, 1.82) is 0 Å². The molecule has 6 nitrogen and oxygen atoms in total. The SMILES string of the molecule is Br.CC(=O)OCN1C=NN(CC2(c3ccc(F)cc3)OC2c2ccccc2Cl)C1. The predicted molar refractivity (Wildman–Crippen MR) is 112 cm³/mol. The molecule has 154 valence electrons. The molecule has 1 saturated heterocycles. The van der Waals surface area contributed by atoms with Crippen LogP contribution in [0, 0.1) is 5.82 Å². The zero-order valence-corrected chi connectivity index (χ0v) is 18.1. The van der Waals surface area contributed by atoms with Gasteiger partial charge in [-0.3, -0.25) is 9.80 Å². The number of esters is 1. The van der Waals surface area contributed by atoms with Crippen molar-refractivity contribution in [1.82, 2.24) is 9.91 Å². The highest BCUT2D eigenvalue weighted by atomic mass is 79.9. The molecule has 0 aromatic heterocycles. The molecule has 2 atom stereocenters. The summed E-state index contributed by atoms with van der Waals surface area (Å²) in [4.78, 5) is 12.8. The smallest absolute Gasteiger partial charge is 0.304 e. The number of carbonyl (C=O) groups excluding carboxylic acids is 1. The number of ether oxygens (including phenoxy) is 2. The molecular weight excluding hydrogens is 465 g/mol. The minimum Gasteiger partial charge on any atom is -0.444 e. The first kappa shape index (κ1) is 21.5. The molecule has 0 saturated carbocycles. The van der Waals surface area contributed by atoms with Crippen molar-refractivity contribution in [3.63, 3.8) is 0 Å². The van der Waals surface area contributed by atoms with Crippen LogP contribution in [0.1, 0.15) is 24.2 Å². The van der Waals surface area contributed by atoms with Gasteiger partial charge in [-0.15, -0.1) is 17.0 Å². The fraction of sp³-hybridized carbons (Fsp3) is 0.300. The van der Waals surface area contributed by atoms with Gasteiger partial charge in [0, 0.05) is 17.5 Å². The lowest BCUT2D eigenvalue weighted by molar-refractivity contribution is -0.144. The highest BCUT2D eigenvalue weighted by Gasteiger charge is 2.60. The number of nitrogens with zero attached hydrogens (tertiary/aromatic N) is 3. The van der Waals surface area contributed by atoms with E-state index in [2.05, 4.69) is 5.10 Å². The van der Waals surface area contributed by atoms with E-state index in [-0.39, 0.29) is 41.6 Å². The summed E-state index contributed by atoms with van der Waals surface area (Å²) >= 11 is 6.37. The van der Waals surface area contributed by atoms with E-state index < -0.39 is 5.60 Å². The Hall–Kier alpha value is -2.16. The minimum absolute atomic E-state index is 0. The van der Waals surface area contributed by atoms with Crippen molar-refractivity contribution in [2.24, 2.45) is 5.10 Å². The molecule has 2 aliphatic rings. The van der Waals surface area contributed by atoms with E-state index in [1.54, 1.807) is 23.4 Å². The fourth-order valence-corrected chi connectivity index (χ4v) is 3.62. The van der Waals surface area contributed by atoms with Gasteiger partial charge in [0.25, 0.3) is 0 Å². The molecule has 9 heteroatoms. The molecule has 2 unspecified atom stereocenters. The largest absolute Gasteiger partial charge is 0.444 e. The lowest BCUT2D eigenvalue weighted by Crippen LogP contribution is -2.34. The van der Waals surface area contributed by atoms with Crippen molar-refractivity contribution >= 4 is 40.9 Å². The number of carbonyl (C=O) groups is 1. The first-order chi connectivity index (χ1) is 13.5. The Bertz CT molecular complexity index is 914. The van der Waals surface area contributed by atoms with Gasteiger partial charge in [0.2, 0.25) is 0 Å². The first-order valence-electron chi connectivity index (χ1n) is 8.83. The molecule has 0 aliphatic carbocycles. The Balaban J connectivity index is 0.00000240. The van der Waals surface area contributed by atoms with Gasteiger partial charge in [0.15, 0.2) is 6.73 Å². The molecule has 29 heavy (non-hydrogen) atoms. The van der Waals surface area contributed by atoms with E-state index in [0.29, 0.717) is 18.2 Å². The number of benzene rings is 2. The zero-order valence-electron chi connectivity index (χ0n) is 15.6. The van der Waals surface area contributed by atoms with E-state index in [1.807, 2.05) is 29.3 Å². The topological polar surface area (TPSA) is 57.7 Å². The number of halogens is 3. The number of rotatable bonds is 6. The van der Waals surface area contributed by atoms with Crippen LogP contribution in [0.4, 0.5) is 4.39 Å². The van der Waals surface area contributed by atoms with Crippen LogP contribution in [0.15, 0.2) is 53.6 Å². The van der Waals surface area contributed by atoms with Crippen LogP contribution in [-0.4, -0.2) is 42.2 Å². The summed E-state index contributed by atoms with van der Waals surface area (Å²) in [5, 5.41) is 6.82. The highest BCUT2D eigenvalue weighted by molar-refractivity contribution is 8.93. The van der Waals surface area contributed by atoms with E-state index in [9.17, 15) is 9.18 Å². The van der Waals surface area contributed by atoms with Crippen LogP contribution < -0.4 is 0 Å². The monoisotopic (exact) mass is 483 g/mol. The van der Waals surface area contributed by atoms with Crippen LogP contribution in [-0.2, 0) is 19.9 Å². The minimum atomic E-state index is -0.687. The fourth-order valence-electron chi connectivity index (χ4n) is 3.38. The third-order valence-electron chi connectivity index (χ3n) is 4.79.